The van der Waals surface area contributed by atoms with Crippen molar-refractivity contribution in [1.29, 1.82) is 5.26 Å². The van der Waals surface area contributed by atoms with Crippen LogP contribution in [-0.4, -0.2) is 71.0 Å². The van der Waals surface area contributed by atoms with Gasteiger partial charge < -0.3 is 30.5 Å². The lowest BCUT2D eigenvalue weighted by Crippen LogP contribution is -2.45. The van der Waals surface area contributed by atoms with Gasteiger partial charge in [-0.25, -0.2) is 4.98 Å². The Morgan fingerprint density at radius 2 is 1.98 bits per heavy atom. The second kappa shape index (κ2) is 13.3. The first kappa shape index (κ1) is 29.6. The third-order valence-corrected chi connectivity index (χ3v) is 7.35. The van der Waals surface area contributed by atoms with Gasteiger partial charge >= 0.3 is 0 Å². The van der Waals surface area contributed by atoms with E-state index in [9.17, 15) is 10.1 Å². The molecule has 0 radical (unpaired) electrons. The maximum atomic E-state index is 12.4. The van der Waals surface area contributed by atoms with Crippen LogP contribution in [0.3, 0.4) is 0 Å². The lowest BCUT2D eigenvalue weighted by molar-refractivity contribution is -0.116. The van der Waals surface area contributed by atoms with Gasteiger partial charge in [-0.2, -0.15) is 10.2 Å². The van der Waals surface area contributed by atoms with E-state index in [4.69, 9.17) is 4.74 Å². The Bertz CT molecular complexity index is 1370. The van der Waals surface area contributed by atoms with Crippen LogP contribution in [0.4, 0.5) is 17.5 Å². The van der Waals surface area contributed by atoms with E-state index >= 15 is 0 Å². The monoisotopic (exact) mass is 556 g/mol. The summed E-state index contributed by atoms with van der Waals surface area (Å²) in [7, 11) is 4.27. The number of ether oxygens (including phenoxy) is 1. The van der Waals surface area contributed by atoms with E-state index in [1.54, 1.807) is 0 Å². The molecule has 2 aliphatic rings. The topological polar surface area (TPSA) is 118 Å². The minimum absolute atomic E-state index is 0.0162. The molecule has 1 aliphatic heterocycles. The second-order valence-electron chi connectivity index (χ2n) is 10.9. The molecule has 1 aromatic heterocycles. The van der Waals surface area contributed by atoms with Gasteiger partial charge in [0.1, 0.15) is 17.4 Å². The molecular formula is C31H40N8O2. The first-order valence-corrected chi connectivity index (χ1v) is 14.0. The minimum atomic E-state index is -0.318. The van der Waals surface area contributed by atoms with Gasteiger partial charge in [-0.05, 0) is 77.6 Å². The number of nitrogens with zero attached hydrogens (tertiary/aromatic N) is 5. The van der Waals surface area contributed by atoms with Crippen LogP contribution in [0, 0.1) is 11.3 Å². The highest BCUT2D eigenvalue weighted by molar-refractivity contribution is 5.87. The largest absolute Gasteiger partial charge is 0.489 e. The molecular weight excluding hydrogens is 516 g/mol. The van der Waals surface area contributed by atoms with Gasteiger partial charge in [0.25, 0.3) is 0 Å². The lowest BCUT2D eigenvalue weighted by Gasteiger charge is -2.40. The Kier molecular flexibility index (Phi) is 9.63. The number of para-hydroxylation sites is 2. The molecule has 1 amide bonds. The van der Waals surface area contributed by atoms with Crippen LogP contribution >= 0.6 is 0 Å². The minimum Gasteiger partial charge on any atom is -0.489 e. The number of benzene rings is 1. The van der Waals surface area contributed by atoms with Crippen LogP contribution < -0.4 is 20.7 Å². The van der Waals surface area contributed by atoms with Crippen LogP contribution in [0.5, 0.6) is 5.75 Å². The number of piperidine rings is 1. The van der Waals surface area contributed by atoms with Gasteiger partial charge in [0, 0.05) is 36.9 Å². The summed E-state index contributed by atoms with van der Waals surface area (Å²) in [6, 6.07) is 9.93. The predicted molar refractivity (Wildman–Crippen MR) is 162 cm³/mol. The van der Waals surface area contributed by atoms with Crippen molar-refractivity contribution in [2.75, 3.05) is 37.8 Å². The molecule has 0 bridgehead atoms. The molecule has 3 N–H and O–H groups in total. The van der Waals surface area contributed by atoms with Crippen molar-refractivity contribution in [2.24, 2.45) is 0 Å². The number of nitrogens with one attached hydrogen (secondary N) is 3. The molecule has 2 heterocycles. The number of aromatic nitrogens is 2. The average molecular weight is 557 g/mol. The summed E-state index contributed by atoms with van der Waals surface area (Å²) in [5.74, 6) is 1.06. The molecule has 41 heavy (non-hydrogen) atoms. The molecule has 1 aliphatic carbocycles. The Labute approximate surface area is 242 Å². The fraction of sp³-hybridized carbons (Fsp3) is 0.419. The van der Waals surface area contributed by atoms with Crippen molar-refractivity contribution < 1.29 is 9.53 Å². The maximum absolute atomic E-state index is 12.4. The van der Waals surface area contributed by atoms with Gasteiger partial charge in [-0.15, -0.1) is 0 Å². The van der Waals surface area contributed by atoms with Crippen molar-refractivity contribution >= 4 is 23.4 Å². The molecule has 1 aromatic carbocycles. The Morgan fingerprint density at radius 1 is 1.24 bits per heavy atom. The molecule has 10 heteroatoms. The highest BCUT2D eigenvalue weighted by Crippen LogP contribution is 2.32. The lowest BCUT2D eigenvalue weighted by atomic mass is 9.93. The number of rotatable bonds is 10. The van der Waals surface area contributed by atoms with Crippen molar-refractivity contribution in [3.05, 3.63) is 71.7 Å². The van der Waals surface area contributed by atoms with E-state index in [-0.39, 0.29) is 18.1 Å². The van der Waals surface area contributed by atoms with Crippen LogP contribution in [0.15, 0.2) is 66.2 Å². The number of carbonyl (C=O) groups is 1. The third-order valence-electron chi connectivity index (χ3n) is 7.35. The zero-order chi connectivity index (χ0) is 29.5. The smallest absolute Gasteiger partial charge is 0.243 e. The summed E-state index contributed by atoms with van der Waals surface area (Å²) in [5.41, 5.74) is 4.11. The molecule has 0 spiro atoms. The SMILES string of the molecule is C=CC(=O)NC1CC(N2CCC(N(C)C)CC2)=C(C)C=C1Nc1ncc(C#N)c(Nc2ccccc2OC(C)C)n1. The number of likely N-dealkylation sites (tertiary alicyclic amines) is 1. The number of anilines is 3. The number of hydrogen-bond donors (Lipinski definition) is 3. The number of amides is 1. The molecule has 1 unspecified atom stereocenters. The average Bonchev–Trinajstić information content (AvgIpc) is 2.95. The fourth-order valence-electron chi connectivity index (χ4n) is 5.20. The molecule has 1 atom stereocenters. The van der Waals surface area contributed by atoms with Gasteiger partial charge in [-0.3, -0.25) is 4.79 Å². The molecule has 0 saturated carbocycles. The van der Waals surface area contributed by atoms with Crippen LogP contribution in [0.2, 0.25) is 0 Å². The number of allylic oxidation sites excluding steroid dienone is 2. The quantitative estimate of drug-likeness (QED) is 0.362. The molecule has 216 valence electrons. The summed E-state index contributed by atoms with van der Waals surface area (Å²) < 4.78 is 5.92. The highest BCUT2D eigenvalue weighted by atomic mass is 16.5. The van der Waals surface area contributed by atoms with Crippen molar-refractivity contribution in [3.8, 4) is 11.8 Å². The summed E-state index contributed by atoms with van der Waals surface area (Å²) in [4.78, 5) is 26.2. The first-order chi connectivity index (χ1) is 19.7. The molecule has 10 nitrogen and oxygen atoms in total. The molecule has 1 fully saturated rings. The van der Waals surface area contributed by atoms with E-state index in [2.05, 4.69) is 69.4 Å². The van der Waals surface area contributed by atoms with Gasteiger partial charge in [-0.1, -0.05) is 18.7 Å². The van der Waals surface area contributed by atoms with Crippen LogP contribution in [0.1, 0.15) is 45.6 Å². The molecule has 2 aromatic rings. The van der Waals surface area contributed by atoms with Gasteiger partial charge in [0.05, 0.1) is 24.0 Å². The summed E-state index contributed by atoms with van der Waals surface area (Å²) in [5, 5.41) is 19.3. The number of hydrogen-bond acceptors (Lipinski definition) is 9. The van der Waals surface area contributed by atoms with E-state index in [1.165, 1.54) is 18.0 Å². The molecule has 1 saturated heterocycles. The van der Waals surface area contributed by atoms with Gasteiger partial charge in [0.2, 0.25) is 11.9 Å². The zero-order valence-electron chi connectivity index (χ0n) is 24.6. The molecule has 4 rings (SSSR count). The Morgan fingerprint density at radius 3 is 2.63 bits per heavy atom. The van der Waals surface area contributed by atoms with E-state index in [1.807, 2.05) is 44.2 Å². The van der Waals surface area contributed by atoms with Crippen LogP contribution in [-0.2, 0) is 4.79 Å². The summed E-state index contributed by atoms with van der Waals surface area (Å²) in [6.45, 7) is 11.6. The highest BCUT2D eigenvalue weighted by Gasteiger charge is 2.29. The Balaban J connectivity index is 1.61. The van der Waals surface area contributed by atoms with E-state index < -0.39 is 0 Å². The summed E-state index contributed by atoms with van der Waals surface area (Å²) >= 11 is 0. The zero-order valence-corrected chi connectivity index (χ0v) is 24.6. The van der Waals surface area contributed by atoms with E-state index in [0.717, 1.165) is 37.2 Å². The first-order valence-electron chi connectivity index (χ1n) is 14.0. The number of nitriles is 1. The van der Waals surface area contributed by atoms with Crippen molar-refractivity contribution in [2.45, 2.75) is 58.2 Å². The second-order valence-corrected chi connectivity index (χ2v) is 10.9. The summed E-state index contributed by atoms with van der Waals surface area (Å²) in [6.07, 6.45) is 7.63. The Hall–Kier alpha value is -4.36. The van der Waals surface area contributed by atoms with Crippen LogP contribution in [0.25, 0.3) is 0 Å². The number of carbonyl (C=O) groups excluding carboxylic acids is 1. The van der Waals surface area contributed by atoms with Gasteiger partial charge in [0.15, 0.2) is 5.82 Å². The maximum Gasteiger partial charge on any atom is 0.243 e. The normalized spacial score (nSPS) is 17.7. The van der Waals surface area contributed by atoms with E-state index in [0.29, 0.717) is 41.2 Å². The fourth-order valence-corrected chi connectivity index (χ4v) is 5.20. The standard InChI is InChI=1S/C31H40N8O2/c1-7-29(40)34-26-17-27(39-14-12-23(13-15-39)38(5)6)21(4)16-25(26)36-31-33-19-22(18-32)30(37-31)35-24-10-8-9-11-28(24)41-20(2)3/h7-11,16,19-20,23,26H,1,12-15,17H2,2-6H3,(H,34,40)(H2,33,35,36,37). The predicted octanol–water partition coefficient (Wildman–Crippen LogP) is 4.55. The third kappa shape index (κ3) is 7.44. The van der Waals surface area contributed by atoms with Crippen molar-refractivity contribution in [1.82, 2.24) is 25.1 Å². The van der Waals surface area contributed by atoms with Crippen molar-refractivity contribution in [3.63, 3.8) is 0 Å².